The Labute approximate surface area is 82.5 Å². The van der Waals surface area contributed by atoms with E-state index in [1.165, 1.54) is 6.07 Å². The summed E-state index contributed by atoms with van der Waals surface area (Å²) in [5.41, 5.74) is -0.170. The van der Waals surface area contributed by atoms with E-state index in [0.717, 1.165) is 0 Å². The predicted octanol–water partition coefficient (Wildman–Crippen LogP) is 1.51. The van der Waals surface area contributed by atoms with Gasteiger partial charge < -0.3 is 5.11 Å². The minimum Gasteiger partial charge on any atom is -0.463 e. The summed E-state index contributed by atoms with van der Waals surface area (Å²) >= 11 is 5.67. The number of nitrogens with zero attached hydrogens (tertiary/aromatic N) is 1. The van der Waals surface area contributed by atoms with E-state index in [0.29, 0.717) is 15.2 Å². The molecule has 0 unspecified atom stereocenters. The van der Waals surface area contributed by atoms with E-state index < -0.39 is 11.7 Å². The molecule has 0 atom stereocenters. The number of rotatable bonds is 0. The standard InChI is InChI=1S/C8H5ClN2O3/c9-4-1-2-6-5(3-4)7(12)11(10-6)8(13)14/h1-3,10H,(H,13,14). The normalized spacial score (nSPS) is 10.6. The first-order valence-corrected chi connectivity index (χ1v) is 4.11. The van der Waals surface area contributed by atoms with E-state index in [-0.39, 0.29) is 5.39 Å². The highest BCUT2D eigenvalue weighted by Crippen LogP contribution is 2.14. The van der Waals surface area contributed by atoms with Gasteiger partial charge in [0.25, 0.3) is 5.56 Å². The minimum absolute atomic E-state index is 0.264. The summed E-state index contributed by atoms with van der Waals surface area (Å²) in [5.74, 6) is 0. The van der Waals surface area contributed by atoms with Crippen LogP contribution in [0, 0.1) is 0 Å². The van der Waals surface area contributed by atoms with Crippen molar-refractivity contribution < 1.29 is 9.90 Å². The Balaban J connectivity index is 2.88. The van der Waals surface area contributed by atoms with Crippen LogP contribution in [0.15, 0.2) is 23.0 Å². The van der Waals surface area contributed by atoms with Crippen molar-refractivity contribution in [3.63, 3.8) is 0 Å². The minimum atomic E-state index is -1.35. The van der Waals surface area contributed by atoms with Crippen LogP contribution in [0.1, 0.15) is 0 Å². The number of aromatic amines is 1. The molecule has 0 bridgehead atoms. The van der Waals surface area contributed by atoms with Crippen LogP contribution in [0.3, 0.4) is 0 Å². The van der Waals surface area contributed by atoms with Gasteiger partial charge in [-0.25, -0.2) is 4.79 Å². The second kappa shape index (κ2) is 2.88. The number of H-pyrrole nitrogens is 1. The molecule has 2 N–H and O–H groups in total. The molecule has 1 aromatic heterocycles. The molecule has 0 saturated heterocycles. The Hall–Kier alpha value is -1.75. The average Bonchev–Trinajstić information content (AvgIpc) is 2.44. The Morgan fingerprint density at radius 3 is 2.86 bits per heavy atom. The smallest absolute Gasteiger partial charge is 0.433 e. The van der Waals surface area contributed by atoms with E-state index in [9.17, 15) is 9.59 Å². The van der Waals surface area contributed by atoms with Gasteiger partial charge in [-0.1, -0.05) is 11.6 Å². The zero-order chi connectivity index (χ0) is 10.3. The molecule has 0 radical (unpaired) electrons. The van der Waals surface area contributed by atoms with Crippen molar-refractivity contribution >= 4 is 28.6 Å². The van der Waals surface area contributed by atoms with Crippen molar-refractivity contribution in [1.82, 2.24) is 9.78 Å². The largest absolute Gasteiger partial charge is 0.463 e. The fourth-order valence-corrected chi connectivity index (χ4v) is 1.39. The number of fused-ring (bicyclic) bond motifs is 1. The van der Waals surface area contributed by atoms with E-state index in [1.54, 1.807) is 12.1 Å². The Bertz CT molecular complexity index is 569. The molecular weight excluding hydrogens is 208 g/mol. The van der Waals surface area contributed by atoms with Crippen molar-refractivity contribution in [2.75, 3.05) is 0 Å². The van der Waals surface area contributed by atoms with Crippen LogP contribution in [0.5, 0.6) is 0 Å². The van der Waals surface area contributed by atoms with Crippen LogP contribution in [0.2, 0.25) is 5.02 Å². The first-order valence-electron chi connectivity index (χ1n) is 3.73. The van der Waals surface area contributed by atoms with Crippen molar-refractivity contribution in [3.8, 4) is 0 Å². The van der Waals surface area contributed by atoms with Gasteiger partial charge in [0.05, 0.1) is 10.9 Å². The quantitative estimate of drug-likeness (QED) is 0.695. The maximum absolute atomic E-state index is 11.4. The van der Waals surface area contributed by atoms with E-state index in [1.807, 2.05) is 0 Å². The van der Waals surface area contributed by atoms with Crippen molar-refractivity contribution in [1.29, 1.82) is 0 Å². The summed E-state index contributed by atoms with van der Waals surface area (Å²) in [4.78, 5) is 22.0. The Kier molecular flexibility index (Phi) is 1.82. The fourth-order valence-electron chi connectivity index (χ4n) is 1.22. The van der Waals surface area contributed by atoms with E-state index >= 15 is 0 Å². The first-order chi connectivity index (χ1) is 6.59. The third kappa shape index (κ3) is 1.18. The molecule has 0 saturated carbocycles. The molecule has 1 aromatic carbocycles. The number of carboxylic acid groups (broad SMARTS) is 1. The molecule has 0 aliphatic heterocycles. The van der Waals surface area contributed by atoms with Gasteiger partial charge in [-0.2, -0.15) is 0 Å². The molecule has 0 aliphatic rings. The zero-order valence-electron chi connectivity index (χ0n) is 6.82. The van der Waals surface area contributed by atoms with Crippen LogP contribution < -0.4 is 5.56 Å². The van der Waals surface area contributed by atoms with Gasteiger partial charge in [0.1, 0.15) is 0 Å². The van der Waals surface area contributed by atoms with Crippen molar-refractivity contribution in [3.05, 3.63) is 33.6 Å². The van der Waals surface area contributed by atoms with Gasteiger partial charge in [-0.3, -0.25) is 9.89 Å². The second-order valence-electron chi connectivity index (χ2n) is 2.72. The molecule has 6 heteroatoms. The van der Waals surface area contributed by atoms with Crippen molar-refractivity contribution in [2.24, 2.45) is 0 Å². The third-order valence-electron chi connectivity index (χ3n) is 1.84. The number of hydrogen-bond donors (Lipinski definition) is 2. The van der Waals surface area contributed by atoms with Gasteiger partial charge in [-0.05, 0) is 18.2 Å². The highest BCUT2D eigenvalue weighted by molar-refractivity contribution is 6.31. The molecule has 1 heterocycles. The molecule has 0 aliphatic carbocycles. The van der Waals surface area contributed by atoms with Crippen LogP contribution in [0.25, 0.3) is 10.9 Å². The number of halogens is 1. The first kappa shape index (κ1) is 8.83. The molecular formula is C8H5ClN2O3. The second-order valence-corrected chi connectivity index (χ2v) is 3.16. The number of aromatic nitrogens is 2. The monoisotopic (exact) mass is 212 g/mol. The van der Waals surface area contributed by atoms with Gasteiger partial charge in [0.15, 0.2) is 0 Å². The molecule has 2 rings (SSSR count). The predicted molar refractivity (Wildman–Crippen MR) is 51.0 cm³/mol. The molecule has 72 valence electrons. The van der Waals surface area contributed by atoms with Crippen LogP contribution in [0.4, 0.5) is 4.79 Å². The zero-order valence-corrected chi connectivity index (χ0v) is 7.58. The summed E-state index contributed by atoms with van der Waals surface area (Å²) in [7, 11) is 0. The lowest BCUT2D eigenvalue weighted by Gasteiger charge is -1.88. The topological polar surface area (TPSA) is 75.1 Å². The maximum Gasteiger partial charge on any atom is 0.433 e. The lowest BCUT2D eigenvalue weighted by atomic mass is 10.2. The average molecular weight is 213 g/mol. The van der Waals surface area contributed by atoms with Gasteiger partial charge >= 0.3 is 6.09 Å². The molecule has 2 aromatic rings. The van der Waals surface area contributed by atoms with Crippen LogP contribution in [-0.2, 0) is 0 Å². The van der Waals surface area contributed by atoms with Crippen LogP contribution >= 0.6 is 11.6 Å². The molecule has 0 spiro atoms. The Morgan fingerprint density at radius 2 is 2.21 bits per heavy atom. The summed E-state index contributed by atoms with van der Waals surface area (Å²) in [6.07, 6.45) is -1.35. The van der Waals surface area contributed by atoms with Crippen LogP contribution in [-0.4, -0.2) is 21.0 Å². The van der Waals surface area contributed by atoms with Gasteiger partial charge in [0.2, 0.25) is 0 Å². The summed E-state index contributed by atoms with van der Waals surface area (Å²) < 4.78 is 0.515. The number of carbonyl (C=O) groups is 1. The Morgan fingerprint density at radius 1 is 1.50 bits per heavy atom. The maximum atomic E-state index is 11.4. The highest BCUT2D eigenvalue weighted by atomic mass is 35.5. The summed E-state index contributed by atoms with van der Waals surface area (Å²) in [6, 6.07) is 4.56. The van der Waals surface area contributed by atoms with Gasteiger partial charge in [-0.15, -0.1) is 4.68 Å². The third-order valence-corrected chi connectivity index (χ3v) is 2.07. The lowest BCUT2D eigenvalue weighted by molar-refractivity contribution is 0.192. The molecule has 5 nitrogen and oxygen atoms in total. The van der Waals surface area contributed by atoms with Crippen molar-refractivity contribution in [2.45, 2.75) is 0 Å². The van der Waals surface area contributed by atoms with Gasteiger partial charge in [0, 0.05) is 5.02 Å². The lowest BCUT2D eigenvalue weighted by Crippen LogP contribution is -2.22. The number of hydrogen-bond acceptors (Lipinski definition) is 2. The SMILES string of the molecule is O=C(O)n1[nH]c2ccc(Cl)cc2c1=O. The molecule has 0 amide bonds. The summed E-state index contributed by atoms with van der Waals surface area (Å²) in [6.45, 7) is 0. The number of nitrogens with one attached hydrogen (secondary N) is 1. The summed E-state index contributed by atoms with van der Waals surface area (Å²) in [5, 5.41) is 11.7. The fraction of sp³-hybridized carbons (Fsp3) is 0. The van der Waals surface area contributed by atoms with E-state index in [4.69, 9.17) is 16.7 Å². The molecule has 14 heavy (non-hydrogen) atoms. The number of benzene rings is 1. The molecule has 0 fully saturated rings. The van der Waals surface area contributed by atoms with E-state index in [2.05, 4.69) is 5.10 Å². The highest BCUT2D eigenvalue weighted by Gasteiger charge is 2.11.